The fourth-order valence-electron chi connectivity index (χ4n) is 2.34. The van der Waals surface area contributed by atoms with Gasteiger partial charge in [-0.15, -0.1) is 0 Å². The lowest BCUT2D eigenvalue weighted by molar-refractivity contribution is 0.0963. The van der Waals surface area contributed by atoms with Gasteiger partial charge in [-0.25, -0.2) is 4.79 Å². The highest BCUT2D eigenvalue weighted by Gasteiger charge is 2.11. The lowest BCUT2D eigenvalue weighted by atomic mass is 10.1. The van der Waals surface area contributed by atoms with Crippen LogP contribution in [-0.2, 0) is 6.42 Å². The van der Waals surface area contributed by atoms with Gasteiger partial charge in [0, 0.05) is 31.9 Å². The van der Waals surface area contributed by atoms with Crippen molar-refractivity contribution in [2.24, 2.45) is 0 Å². The molecule has 0 atom stereocenters. The van der Waals surface area contributed by atoms with Crippen LogP contribution in [0.1, 0.15) is 21.5 Å². The highest BCUT2D eigenvalue weighted by Crippen LogP contribution is 2.17. The molecule has 126 valence electrons. The van der Waals surface area contributed by atoms with Crippen LogP contribution in [0.25, 0.3) is 0 Å². The Morgan fingerprint density at radius 1 is 1.08 bits per heavy atom. The van der Waals surface area contributed by atoms with Gasteiger partial charge in [-0.3, -0.25) is 4.79 Å². The molecule has 0 fully saturated rings. The van der Waals surface area contributed by atoms with Gasteiger partial charge in [0.15, 0.2) is 0 Å². The Kier molecular flexibility index (Phi) is 5.95. The third-order valence-corrected chi connectivity index (χ3v) is 3.88. The zero-order chi connectivity index (χ0) is 17.5. The summed E-state index contributed by atoms with van der Waals surface area (Å²) in [4.78, 5) is 25.6. The second kappa shape index (κ2) is 8.15. The highest BCUT2D eigenvalue weighted by atomic mass is 16.2. The summed E-state index contributed by atoms with van der Waals surface area (Å²) in [5.41, 5.74) is 3.33. The molecule has 0 unspecified atom stereocenters. The van der Waals surface area contributed by atoms with E-state index < -0.39 is 0 Å². The molecule has 2 N–H and O–H groups in total. The molecule has 0 saturated carbocycles. The summed E-state index contributed by atoms with van der Waals surface area (Å²) in [5, 5.41) is 5.47. The molecule has 0 radical (unpaired) electrons. The van der Waals surface area contributed by atoms with Crippen molar-refractivity contribution >= 4 is 17.6 Å². The Bertz CT molecular complexity index is 714. The first kappa shape index (κ1) is 17.5. The monoisotopic (exact) mass is 325 g/mol. The minimum absolute atomic E-state index is 0.143. The molecule has 3 amide bonds. The molecule has 0 spiro atoms. The van der Waals surface area contributed by atoms with Gasteiger partial charge in [0.05, 0.1) is 0 Å². The Morgan fingerprint density at radius 3 is 2.42 bits per heavy atom. The van der Waals surface area contributed by atoms with Crippen molar-refractivity contribution < 1.29 is 9.59 Å². The van der Waals surface area contributed by atoms with Crippen molar-refractivity contribution in [3.8, 4) is 0 Å². The summed E-state index contributed by atoms with van der Waals surface area (Å²) in [6.45, 7) is 2.50. The molecule has 0 aliphatic carbocycles. The maximum absolute atomic E-state index is 12.3. The van der Waals surface area contributed by atoms with Crippen LogP contribution in [-0.4, -0.2) is 37.5 Å². The van der Waals surface area contributed by atoms with E-state index in [4.69, 9.17) is 0 Å². The SMILES string of the molecule is CNC(=O)c1ccc(NC(=O)N(C)CCc2ccccc2)c(C)c1. The first-order valence-electron chi connectivity index (χ1n) is 7.90. The summed E-state index contributed by atoms with van der Waals surface area (Å²) in [6, 6.07) is 15.1. The van der Waals surface area contributed by atoms with Crippen LogP contribution in [0, 0.1) is 6.92 Å². The normalized spacial score (nSPS) is 10.1. The Morgan fingerprint density at radius 2 is 1.79 bits per heavy atom. The third-order valence-electron chi connectivity index (χ3n) is 3.88. The van der Waals surface area contributed by atoms with Crippen molar-refractivity contribution in [1.29, 1.82) is 0 Å². The molecule has 2 aromatic rings. The predicted octanol–water partition coefficient (Wildman–Crippen LogP) is 3.06. The van der Waals surface area contributed by atoms with Crippen molar-refractivity contribution in [2.45, 2.75) is 13.3 Å². The maximum atomic E-state index is 12.3. The molecule has 24 heavy (non-hydrogen) atoms. The minimum Gasteiger partial charge on any atom is -0.355 e. The summed E-state index contributed by atoms with van der Waals surface area (Å²) in [5.74, 6) is -0.143. The van der Waals surface area contributed by atoms with Crippen LogP contribution in [0.5, 0.6) is 0 Å². The van der Waals surface area contributed by atoms with Crippen LogP contribution in [0.3, 0.4) is 0 Å². The first-order chi connectivity index (χ1) is 11.5. The lowest BCUT2D eigenvalue weighted by Crippen LogP contribution is -2.33. The Hall–Kier alpha value is -2.82. The molecule has 0 heterocycles. The number of likely N-dealkylation sites (N-methyl/N-ethyl adjacent to an activating group) is 1. The van der Waals surface area contributed by atoms with Gasteiger partial charge < -0.3 is 15.5 Å². The molecule has 0 aromatic heterocycles. The number of amides is 3. The van der Waals surface area contributed by atoms with Crippen LogP contribution in [0.2, 0.25) is 0 Å². The molecule has 5 heteroatoms. The van der Waals surface area contributed by atoms with E-state index in [1.54, 1.807) is 37.2 Å². The number of carbonyl (C=O) groups excluding carboxylic acids is 2. The highest BCUT2D eigenvalue weighted by molar-refractivity contribution is 5.96. The fraction of sp³-hybridized carbons (Fsp3) is 0.263. The first-order valence-corrected chi connectivity index (χ1v) is 7.90. The number of anilines is 1. The second-order valence-electron chi connectivity index (χ2n) is 5.70. The van der Waals surface area contributed by atoms with Crippen LogP contribution in [0.4, 0.5) is 10.5 Å². The largest absolute Gasteiger partial charge is 0.355 e. The molecule has 0 aliphatic heterocycles. The number of carbonyl (C=O) groups is 2. The van der Waals surface area contributed by atoms with Crippen molar-refractivity contribution in [1.82, 2.24) is 10.2 Å². The summed E-state index contributed by atoms with van der Waals surface area (Å²) in [6.07, 6.45) is 0.805. The van der Waals surface area contributed by atoms with Gasteiger partial charge in [-0.05, 0) is 42.7 Å². The number of hydrogen-bond donors (Lipinski definition) is 2. The smallest absolute Gasteiger partial charge is 0.321 e. The van der Waals surface area contributed by atoms with Gasteiger partial charge in [0.2, 0.25) is 0 Å². The lowest BCUT2D eigenvalue weighted by Gasteiger charge is -2.19. The average molecular weight is 325 g/mol. The predicted molar refractivity (Wildman–Crippen MR) is 96.4 cm³/mol. The minimum atomic E-state index is -0.165. The number of nitrogens with zero attached hydrogens (tertiary/aromatic N) is 1. The van der Waals surface area contributed by atoms with E-state index in [9.17, 15) is 9.59 Å². The summed E-state index contributed by atoms with van der Waals surface area (Å²) >= 11 is 0. The third kappa shape index (κ3) is 4.59. The quantitative estimate of drug-likeness (QED) is 0.887. The fourth-order valence-corrected chi connectivity index (χ4v) is 2.34. The van der Waals surface area contributed by atoms with E-state index >= 15 is 0 Å². The molecule has 2 aromatic carbocycles. The van der Waals surface area contributed by atoms with Gasteiger partial charge >= 0.3 is 6.03 Å². The van der Waals surface area contributed by atoms with Crippen LogP contribution >= 0.6 is 0 Å². The molecule has 5 nitrogen and oxygen atoms in total. The van der Waals surface area contributed by atoms with Crippen molar-refractivity contribution in [3.05, 3.63) is 65.2 Å². The van der Waals surface area contributed by atoms with E-state index in [0.29, 0.717) is 17.8 Å². The maximum Gasteiger partial charge on any atom is 0.321 e. The molecule has 2 rings (SSSR count). The summed E-state index contributed by atoms with van der Waals surface area (Å²) < 4.78 is 0. The molecule has 0 bridgehead atoms. The van der Waals surface area contributed by atoms with Gasteiger partial charge in [-0.2, -0.15) is 0 Å². The topological polar surface area (TPSA) is 61.4 Å². The second-order valence-corrected chi connectivity index (χ2v) is 5.70. The van der Waals surface area contributed by atoms with Crippen LogP contribution in [0.15, 0.2) is 48.5 Å². The number of urea groups is 1. The Labute approximate surface area is 142 Å². The van der Waals surface area contributed by atoms with E-state index in [0.717, 1.165) is 12.0 Å². The number of benzene rings is 2. The molecular formula is C19H23N3O2. The molecular weight excluding hydrogens is 302 g/mol. The van der Waals surface area contributed by atoms with E-state index in [2.05, 4.69) is 10.6 Å². The molecule has 0 saturated heterocycles. The number of rotatable bonds is 5. The summed E-state index contributed by atoms with van der Waals surface area (Å²) in [7, 11) is 3.36. The standard InChI is InChI=1S/C19H23N3O2/c1-14-13-16(18(23)20-2)9-10-17(14)21-19(24)22(3)12-11-15-7-5-4-6-8-15/h4-10,13H,11-12H2,1-3H3,(H,20,23)(H,21,24). The molecule has 0 aliphatic rings. The van der Waals surface area contributed by atoms with Crippen LogP contribution < -0.4 is 10.6 Å². The van der Waals surface area contributed by atoms with Gasteiger partial charge in [-0.1, -0.05) is 30.3 Å². The zero-order valence-corrected chi connectivity index (χ0v) is 14.3. The zero-order valence-electron chi connectivity index (χ0n) is 14.3. The van der Waals surface area contributed by atoms with E-state index in [1.165, 1.54) is 5.56 Å². The number of nitrogens with one attached hydrogen (secondary N) is 2. The Balaban J connectivity index is 1.94. The average Bonchev–Trinajstić information content (AvgIpc) is 2.61. The number of hydrogen-bond acceptors (Lipinski definition) is 2. The van der Waals surface area contributed by atoms with E-state index in [1.807, 2.05) is 37.3 Å². The van der Waals surface area contributed by atoms with Crippen molar-refractivity contribution in [3.63, 3.8) is 0 Å². The van der Waals surface area contributed by atoms with Gasteiger partial charge in [0.1, 0.15) is 0 Å². The van der Waals surface area contributed by atoms with Gasteiger partial charge in [0.25, 0.3) is 5.91 Å². The van der Waals surface area contributed by atoms with E-state index in [-0.39, 0.29) is 11.9 Å². The number of aryl methyl sites for hydroxylation is 1. The van der Waals surface area contributed by atoms with Crippen molar-refractivity contribution in [2.75, 3.05) is 26.0 Å².